The molecule has 0 amide bonds. The quantitative estimate of drug-likeness (QED) is 0.703. The molecule has 2 aromatic carbocycles. The standard InChI is InChI=1S/C21H24O2/c1-5-7-16-9-11-20(22)19(13-16)17-10-12-21(23-15(3)4)18(14-17)8-6-2/h5-6,9-15,22H,1-2,7-8H2,3-4H3. The molecule has 0 fully saturated rings. The highest BCUT2D eigenvalue weighted by Gasteiger charge is 2.10. The Morgan fingerprint density at radius 1 is 1.04 bits per heavy atom. The monoisotopic (exact) mass is 308 g/mol. The second-order valence-electron chi connectivity index (χ2n) is 5.83. The summed E-state index contributed by atoms with van der Waals surface area (Å²) < 4.78 is 5.86. The number of phenolic OH excluding ortho intramolecular Hbond substituents is 1. The molecule has 2 nitrogen and oxygen atoms in total. The maximum absolute atomic E-state index is 10.2. The smallest absolute Gasteiger partial charge is 0.123 e. The van der Waals surface area contributed by atoms with Crippen molar-refractivity contribution in [2.24, 2.45) is 0 Å². The van der Waals surface area contributed by atoms with Crippen molar-refractivity contribution in [3.05, 3.63) is 72.8 Å². The summed E-state index contributed by atoms with van der Waals surface area (Å²) in [5, 5.41) is 10.2. The highest BCUT2D eigenvalue weighted by molar-refractivity contribution is 5.72. The Balaban J connectivity index is 2.47. The molecule has 2 aromatic rings. The molecule has 0 atom stereocenters. The van der Waals surface area contributed by atoms with Gasteiger partial charge in [-0.3, -0.25) is 0 Å². The van der Waals surface area contributed by atoms with Crippen molar-refractivity contribution in [3.63, 3.8) is 0 Å². The number of rotatable bonds is 7. The van der Waals surface area contributed by atoms with Gasteiger partial charge in [0, 0.05) is 5.56 Å². The molecular formula is C21H24O2. The molecule has 2 rings (SSSR count). The van der Waals surface area contributed by atoms with E-state index in [0.29, 0.717) is 0 Å². The first-order valence-electron chi connectivity index (χ1n) is 7.88. The van der Waals surface area contributed by atoms with E-state index in [1.807, 2.05) is 50.3 Å². The minimum atomic E-state index is 0.119. The van der Waals surface area contributed by atoms with Gasteiger partial charge in [-0.15, -0.1) is 13.2 Å². The normalized spacial score (nSPS) is 10.6. The molecule has 23 heavy (non-hydrogen) atoms. The Bertz CT molecular complexity index is 699. The molecule has 0 saturated carbocycles. The SMILES string of the molecule is C=CCc1ccc(O)c(-c2ccc(OC(C)C)c(CC=C)c2)c1. The lowest BCUT2D eigenvalue weighted by molar-refractivity contribution is 0.240. The van der Waals surface area contributed by atoms with E-state index in [2.05, 4.69) is 19.2 Å². The van der Waals surface area contributed by atoms with Crippen molar-refractivity contribution in [2.45, 2.75) is 32.8 Å². The number of hydrogen-bond donors (Lipinski definition) is 1. The minimum absolute atomic E-state index is 0.119. The Morgan fingerprint density at radius 2 is 1.78 bits per heavy atom. The highest BCUT2D eigenvalue weighted by atomic mass is 16.5. The third-order valence-corrected chi connectivity index (χ3v) is 3.54. The summed E-state index contributed by atoms with van der Waals surface area (Å²) >= 11 is 0. The third kappa shape index (κ3) is 4.26. The largest absolute Gasteiger partial charge is 0.507 e. The summed E-state index contributed by atoms with van der Waals surface area (Å²) in [5.74, 6) is 1.14. The van der Waals surface area contributed by atoms with E-state index in [4.69, 9.17) is 4.74 Å². The van der Waals surface area contributed by atoms with E-state index in [1.165, 1.54) is 0 Å². The third-order valence-electron chi connectivity index (χ3n) is 3.54. The zero-order valence-corrected chi connectivity index (χ0v) is 13.9. The van der Waals surface area contributed by atoms with E-state index in [9.17, 15) is 5.11 Å². The van der Waals surface area contributed by atoms with Gasteiger partial charge < -0.3 is 9.84 Å². The van der Waals surface area contributed by atoms with Crippen LogP contribution in [0.2, 0.25) is 0 Å². The first-order chi connectivity index (χ1) is 11.0. The average molecular weight is 308 g/mol. The number of hydrogen-bond acceptors (Lipinski definition) is 2. The van der Waals surface area contributed by atoms with Gasteiger partial charge in [-0.2, -0.15) is 0 Å². The van der Waals surface area contributed by atoms with Gasteiger partial charge in [-0.1, -0.05) is 24.3 Å². The molecule has 0 aliphatic rings. The van der Waals surface area contributed by atoms with Crippen LogP contribution in [0.5, 0.6) is 11.5 Å². The van der Waals surface area contributed by atoms with Crippen molar-refractivity contribution in [3.8, 4) is 22.6 Å². The average Bonchev–Trinajstić information content (AvgIpc) is 2.51. The zero-order valence-electron chi connectivity index (χ0n) is 13.9. The van der Waals surface area contributed by atoms with E-state index in [-0.39, 0.29) is 11.9 Å². The van der Waals surface area contributed by atoms with Gasteiger partial charge in [0.1, 0.15) is 11.5 Å². The van der Waals surface area contributed by atoms with E-state index >= 15 is 0 Å². The van der Waals surface area contributed by atoms with Crippen molar-refractivity contribution < 1.29 is 9.84 Å². The van der Waals surface area contributed by atoms with Gasteiger partial charge in [-0.05, 0) is 67.6 Å². The Hall–Kier alpha value is -2.48. The molecule has 0 spiro atoms. The van der Waals surface area contributed by atoms with Gasteiger partial charge >= 0.3 is 0 Å². The van der Waals surface area contributed by atoms with Gasteiger partial charge in [0.05, 0.1) is 6.10 Å². The lowest BCUT2D eigenvalue weighted by atomic mass is 9.97. The number of aromatic hydroxyl groups is 1. The van der Waals surface area contributed by atoms with E-state index in [0.717, 1.165) is 40.8 Å². The summed E-state index contributed by atoms with van der Waals surface area (Å²) in [6.07, 6.45) is 5.34. The van der Waals surface area contributed by atoms with Gasteiger partial charge in [0.25, 0.3) is 0 Å². The first kappa shape index (κ1) is 16.9. The molecular weight excluding hydrogens is 284 g/mol. The summed E-state index contributed by atoms with van der Waals surface area (Å²) in [7, 11) is 0. The van der Waals surface area contributed by atoms with Crippen molar-refractivity contribution >= 4 is 0 Å². The number of benzene rings is 2. The molecule has 0 radical (unpaired) electrons. The summed E-state index contributed by atoms with van der Waals surface area (Å²) in [6.45, 7) is 11.6. The van der Waals surface area contributed by atoms with Crippen LogP contribution in [0, 0.1) is 0 Å². The number of allylic oxidation sites excluding steroid dienone is 2. The Labute approximate surface area is 138 Å². The minimum Gasteiger partial charge on any atom is -0.507 e. The fourth-order valence-corrected chi connectivity index (χ4v) is 2.54. The second-order valence-corrected chi connectivity index (χ2v) is 5.83. The molecule has 1 N–H and O–H groups in total. The van der Waals surface area contributed by atoms with Crippen LogP contribution in [0.15, 0.2) is 61.7 Å². The van der Waals surface area contributed by atoms with Crippen molar-refractivity contribution in [1.82, 2.24) is 0 Å². The summed E-state index contributed by atoms with van der Waals surface area (Å²) in [4.78, 5) is 0. The van der Waals surface area contributed by atoms with Crippen LogP contribution in [-0.2, 0) is 12.8 Å². The molecule has 2 heteroatoms. The van der Waals surface area contributed by atoms with Gasteiger partial charge in [0.2, 0.25) is 0 Å². The van der Waals surface area contributed by atoms with Crippen LogP contribution in [-0.4, -0.2) is 11.2 Å². The van der Waals surface area contributed by atoms with E-state index in [1.54, 1.807) is 6.07 Å². The maximum atomic E-state index is 10.2. The number of phenols is 1. The van der Waals surface area contributed by atoms with Crippen LogP contribution in [0.4, 0.5) is 0 Å². The molecule has 0 aliphatic carbocycles. The molecule has 0 saturated heterocycles. The van der Waals surface area contributed by atoms with E-state index < -0.39 is 0 Å². The fourth-order valence-electron chi connectivity index (χ4n) is 2.54. The molecule has 0 bridgehead atoms. The van der Waals surface area contributed by atoms with Gasteiger partial charge in [-0.25, -0.2) is 0 Å². The van der Waals surface area contributed by atoms with Crippen molar-refractivity contribution in [1.29, 1.82) is 0 Å². The Kier molecular flexibility index (Phi) is 5.64. The predicted octanol–water partition coefficient (Wildman–Crippen LogP) is 5.30. The molecule has 0 aliphatic heterocycles. The van der Waals surface area contributed by atoms with Crippen LogP contribution >= 0.6 is 0 Å². The second kappa shape index (κ2) is 7.68. The first-order valence-corrected chi connectivity index (χ1v) is 7.88. The lowest BCUT2D eigenvalue weighted by Gasteiger charge is -2.15. The topological polar surface area (TPSA) is 29.5 Å². The summed E-state index contributed by atoms with van der Waals surface area (Å²) in [6, 6.07) is 11.7. The van der Waals surface area contributed by atoms with Crippen LogP contribution < -0.4 is 4.74 Å². The molecule has 0 heterocycles. The van der Waals surface area contributed by atoms with Crippen molar-refractivity contribution in [2.75, 3.05) is 0 Å². The van der Waals surface area contributed by atoms with Crippen LogP contribution in [0.1, 0.15) is 25.0 Å². The molecule has 0 aromatic heterocycles. The molecule has 0 unspecified atom stereocenters. The lowest BCUT2D eigenvalue weighted by Crippen LogP contribution is -2.07. The van der Waals surface area contributed by atoms with Crippen LogP contribution in [0.3, 0.4) is 0 Å². The summed E-state index contributed by atoms with van der Waals surface area (Å²) in [5.41, 5.74) is 3.99. The fraction of sp³-hybridized carbons (Fsp3) is 0.238. The zero-order chi connectivity index (χ0) is 16.8. The van der Waals surface area contributed by atoms with Gasteiger partial charge in [0.15, 0.2) is 0 Å². The van der Waals surface area contributed by atoms with Crippen LogP contribution in [0.25, 0.3) is 11.1 Å². The Morgan fingerprint density at radius 3 is 2.43 bits per heavy atom. The highest BCUT2D eigenvalue weighted by Crippen LogP contribution is 2.34. The predicted molar refractivity (Wildman–Crippen MR) is 97.1 cm³/mol. The number of ether oxygens (including phenoxy) is 1. The maximum Gasteiger partial charge on any atom is 0.123 e. The molecule has 120 valence electrons.